The average molecular weight is 209 g/mol. The van der Waals surface area contributed by atoms with E-state index >= 15 is 0 Å². The number of ether oxygens (including phenoxy) is 1. The number of non-ortho nitro benzene ring substituents is 1. The van der Waals surface area contributed by atoms with Gasteiger partial charge in [-0.2, -0.15) is 0 Å². The molecular weight excluding hydrogens is 194 g/mol. The van der Waals surface area contributed by atoms with Gasteiger partial charge in [0.1, 0.15) is 0 Å². The molecule has 0 saturated heterocycles. The molecule has 0 heterocycles. The Morgan fingerprint density at radius 2 is 2.20 bits per heavy atom. The lowest BCUT2D eigenvalue weighted by Crippen LogP contribution is -1.99. The van der Waals surface area contributed by atoms with Crippen LogP contribution in [-0.2, 0) is 11.2 Å². The van der Waals surface area contributed by atoms with Gasteiger partial charge in [-0.1, -0.05) is 19.1 Å². The van der Waals surface area contributed by atoms with E-state index in [9.17, 15) is 10.1 Å². The van der Waals surface area contributed by atoms with E-state index in [1.165, 1.54) is 6.07 Å². The Balaban J connectivity index is 2.47. The molecule has 0 saturated carbocycles. The SMILES string of the molecule is CCCOCCc1cccc([N+](=O)[O-])c1. The smallest absolute Gasteiger partial charge is 0.269 e. The summed E-state index contributed by atoms with van der Waals surface area (Å²) in [7, 11) is 0. The van der Waals surface area contributed by atoms with Gasteiger partial charge in [0.05, 0.1) is 11.5 Å². The Morgan fingerprint density at radius 3 is 2.87 bits per heavy atom. The van der Waals surface area contributed by atoms with Crippen LogP contribution in [0.2, 0.25) is 0 Å². The standard InChI is InChI=1S/C11H15NO3/c1-2-7-15-8-6-10-4-3-5-11(9-10)12(13)14/h3-5,9H,2,6-8H2,1H3. The van der Waals surface area contributed by atoms with Gasteiger partial charge in [0, 0.05) is 18.7 Å². The van der Waals surface area contributed by atoms with Crippen molar-refractivity contribution >= 4 is 5.69 Å². The molecule has 0 aliphatic heterocycles. The number of nitro groups is 1. The van der Waals surface area contributed by atoms with Crippen molar-refractivity contribution in [1.82, 2.24) is 0 Å². The van der Waals surface area contributed by atoms with Crippen LogP contribution in [-0.4, -0.2) is 18.1 Å². The van der Waals surface area contributed by atoms with Crippen molar-refractivity contribution in [2.45, 2.75) is 19.8 Å². The van der Waals surface area contributed by atoms with Crippen LogP contribution < -0.4 is 0 Å². The molecule has 1 aromatic carbocycles. The van der Waals surface area contributed by atoms with E-state index in [4.69, 9.17) is 4.74 Å². The topological polar surface area (TPSA) is 52.4 Å². The first kappa shape index (κ1) is 11.7. The summed E-state index contributed by atoms with van der Waals surface area (Å²) in [6.07, 6.45) is 1.72. The molecule has 15 heavy (non-hydrogen) atoms. The lowest BCUT2D eigenvalue weighted by molar-refractivity contribution is -0.384. The molecular formula is C11H15NO3. The third-order valence-corrected chi connectivity index (χ3v) is 2.00. The molecule has 0 fully saturated rings. The Labute approximate surface area is 89.0 Å². The third-order valence-electron chi connectivity index (χ3n) is 2.00. The molecule has 0 amide bonds. The molecule has 0 N–H and O–H groups in total. The van der Waals surface area contributed by atoms with Crippen LogP contribution in [0.25, 0.3) is 0 Å². The number of nitrogens with zero attached hydrogens (tertiary/aromatic N) is 1. The molecule has 0 aromatic heterocycles. The highest BCUT2D eigenvalue weighted by Crippen LogP contribution is 2.13. The van der Waals surface area contributed by atoms with Gasteiger partial charge in [-0.25, -0.2) is 0 Å². The minimum atomic E-state index is -0.379. The van der Waals surface area contributed by atoms with E-state index in [1.54, 1.807) is 12.1 Å². The highest BCUT2D eigenvalue weighted by atomic mass is 16.6. The summed E-state index contributed by atoms with van der Waals surface area (Å²) in [6.45, 7) is 3.41. The zero-order valence-corrected chi connectivity index (χ0v) is 8.81. The van der Waals surface area contributed by atoms with Gasteiger partial charge in [-0.3, -0.25) is 10.1 Å². The molecule has 0 aliphatic carbocycles. The van der Waals surface area contributed by atoms with Gasteiger partial charge >= 0.3 is 0 Å². The largest absolute Gasteiger partial charge is 0.381 e. The second-order valence-corrected chi connectivity index (χ2v) is 3.29. The van der Waals surface area contributed by atoms with Gasteiger partial charge in [0.2, 0.25) is 0 Å². The lowest BCUT2D eigenvalue weighted by Gasteiger charge is -2.02. The number of benzene rings is 1. The predicted molar refractivity (Wildman–Crippen MR) is 57.9 cm³/mol. The van der Waals surface area contributed by atoms with E-state index < -0.39 is 0 Å². The van der Waals surface area contributed by atoms with Gasteiger partial charge in [0.15, 0.2) is 0 Å². The van der Waals surface area contributed by atoms with E-state index in [0.29, 0.717) is 6.61 Å². The summed E-state index contributed by atoms with van der Waals surface area (Å²) in [4.78, 5) is 10.1. The second kappa shape index (κ2) is 6.14. The van der Waals surface area contributed by atoms with Crippen molar-refractivity contribution < 1.29 is 9.66 Å². The zero-order chi connectivity index (χ0) is 11.1. The maximum absolute atomic E-state index is 10.5. The molecule has 1 rings (SSSR count). The Bertz CT molecular complexity index is 325. The highest BCUT2D eigenvalue weighted by Gasteiger charge is 2.04. The molecule has 0 bridgehead atoms. The summed E-state index contributed by atoms with van der Waals surface area (Å²) in [5, 5.41) is 10.5. The second-order valence-electron chi connectivity index (χ2n) is 3.29. The van der Waals surface area contributed by atoms with Crippen molar-refractivity contribution in [3.8, 4) is 0 Å². The van der Waals surface area contributed by atoms with Crippen molar-refractivity contribution in [3.05, 3.63) is 39.9 Å². The van der Waals surface area contributed by atoms with Crippen molar-refractivity contribution in [1.29, 1.82) is 0 Å². The molecule has 0 aliphatic rings. The summed E-state index contributed by atoms with van der Waals surface area (Å²) >= 11 is 0. The van der Waals surface area contributed by atoms with Gasteiger partial charge < -0.3 is 4.74 Å². The quantitative estimate of drug-likeness (QED) is 0.411. The van der Waals surface area contributed by atoms with Crippen LogP contribution in [0.5, 0.6) is 0 Å². The monoisotopic (exact) mass is 209 g/mol. The summed E-state index contributed by atoms with van der Waals surface area (Å²) < 4.78 is 5.32. The maximum Gasteiger partial charge on any atom is 0.269 e. The van der Waals surface area contributed by atoms with E-state index in [1.807, 2.05) is 13.0 Å². The molecule has 0 spiro atoms. The van der Waals surface area contributed by atoms with Crippen LogP contribution in [0.4, 0.5) is 5.69 Å². The normalized spacial score (nSPS) is 10.2. The predicted octanol–water partition coefficient (Wildman–Crippen LogP) is 2.56. The lowest BCUT2D eigenvalue weighted by atomic mass is 10.1. The van der Waals surface area contributed by atoms with Crippen LogP contribution in [0, 0.1) is 10.1 Å². The first-order valence-electron chi connectivity index (χ1n) is 5.05. The molecule has 82 valence electrons. The fourth-order valence-electron chi connectivity index (χ4n) is 1.26. The first-order valence-corrected chi connectivity index (χ1v) is 5.05. The van der Waals surface area contributed by atoms with E-state index in [2.05, 4.69) is 0 Å². The summed E-state index contributed by atoms with van der Waals surface area (Å²) in [5.41, 5.74) is 1.09. The van der Waals surface area contributed by atoms with Crippen molar-refractivity contribution in [3.63, 3.8) is 0 Å². The van der Waals surface area contributed by atoms with Crippen LogP contribution in [0.3, 0.4) is 0 Å². The average Bonchev–Trinajstić information content (AvgIpc) is 2.25. The molecule has 4 nitrogen and oxygen atoms in total. The van der Waals surface area contributed by atoms with Gasteiger partial charge in [-0.05, 0) is 18.4 Å². The van der Waals surface area contributed by atoms with Crippen LogP contribution >= 0.6 is 0 Å². The summed E-state index contributed by atoms with van der Waals surface area (Å²) in [5.74, 6) is 0. The number of hydrogen-bond acceptors (Lipinski definition) is 3. The molecule has 0 radical (unpaired) electrons. The summed E-state index contributed by atoms with van der Waals surface area (Å²) in [6, 6.07) is 6.67. The van der Waals surface area contributed by atoms with Crippen molar-refractivity contribution in [2.24, 2.45) is 0 Å². The molecule has 0 atom stereocenters. The van der Waals surface area contributed by atoms with Crippen LogP contribution in [0.15, 0.2) is 24.3 Å². The fraction of sp³-hybridized carbons (Fsp3) is 0.455. The number of hydrogen-bond donors (Lipinski definition) is 0. The van der Waals surface area contributed by atoms with Gasteiger partial charge in [0.25, 0.3) is 5.69 Å². The number of rotatable bonds is 6. The minimum absolute atomic E-state index is 0.142. The Morgan fingerprint density at radius 1 is 1.40 bits per heavy atom. The fourth-order valence-corrected chi connectivity index (χ4v) is 1.26. The van der Waals surface area contributed by atoms with E-state index in [0.717, 1.165) is 25.0 Å². The third kappa shape index (κ3) is 4.08. The molecule has 0 unspecified atom stereocenters. The molecule has 1 aromatic rings. The maximum atomic E-state index is 10.5. The zero-order valence-electron chi connectivity index (χ0n) is 8.81. The minimum Gasteiger partial charge on any atom is -0.381 e. The van der Waals surface area contributed by atoms with Crippen molar-refractivity contribution in [2.75, 3.05) is 13.2 Å². The molecule has 4 heteroatoms. The van der Waals surface area contributed by atoms with Gasteiger partial charge in [-0.15, -0.1) is 0 Å². The van der Waals surface area contributed by atoms with Crippen LogP contribution in [0.1, 0.15) is 18.9 Å². The first-order chi connectivity index (χ1) is 7.24. The number of nitro benzene ring substituents is 1. The van der Waals surface area contributed by atoms with E-state index in [-0.39, 0.29) is 10.6 Å². The highest BCUT2D eigenvalue weighted by molar-refractivity contribution is 5.34. The Kier molecular flexibility index (Phi) is 4.77. The Hall–Kier alpha value is -1.42.